The average molecular weight is 595 g/mol. The largest absolute Gasteiger partial charge is 0.426 e. The Morgan fingerprint density at radius 3 is 2.25 bits per heavy atom. The van der Waals surface area contributed by atoms with E-state index in [9.17, 15) is 32.4 Å². The van der Waals surface area contributed by atoms with Gasteiger partial charge in [-0.1, -0.05) is 30.3 Å². The van der Waals surface area contributed by atoms with Crippen LogP contribution in [0.15, 0.2) is 30.3 Å². The lowest BCUT2D eigenvalue weighted by molar-refractivity contribution is -0.181. The van der Waals surface area contributed by atoms with E-state index in [-0.39, 0.29) is 6.42 Å². The fourth-order valence-corrected chi connectivity index (χ4v) is 9.44. The van der Waals surface area contributed by atoms with E-state index in [0.717, 1.165) is 4.90 Å². The van der Waals surface area contributed by atoms with Gasteiger partial charge in [-0.05, 0) is 33.3 Å². The number of carbonyl (C=O) groups is 5. The molecule has 1 aromatic rings. The molecule has 0 unspecified atom stereocenters. The molecule has 3 amide bonds. The zero-order valence-corrected chi connectivity index (χ0v) is 23.9. The number of benzene rings is 1. The van der Waals surface area contributed by atoms with Crippen LogP contribution < -0.4 is 11.1 Å². The predicted molar refractivity (Wildman–Crippen MR) is 140 cm³/mol. The van der Waals surface area contributed by atoms with Gasteiger partial charge in [0.1, 0.15) is 34.9 Å². The number of amides is 3. The van der Waals surface area contributed by atoms with Gasteiger partial charge in [-0.25, -0.2) is 18.0 Å². The number of nitrogens with one attached hydrogen (secondary N) is 1. The van der Waals surface area contributed by atoms with Crippen LogP contribution in [0.1, 0.15) is 45.7 Å². The van der Waals surface area contributed by atoms with Crippen molar-refractivity contribution in [2.45, 2.75) is 78.5 Å². The number of sulfone groups is 1. The first-order chi connectivity index (χ1) is 18.6. The van der Waals surface area contributed by atoms with Gasteiger partial charge in [0.05, 0.1) is 11.2 Å². The molecule has 13 nitrogen and oxygen atoms in total. The van der Waals surface area contributed by atoms with Gasteiger partial charge in [0, 0.05) is 4.75 Å². The maximum Gasteiger partial charge on any atom is 0.333 e. The normalized spacial score (nSPS) is 31.3. The molecule has 4 heterocycles. The first-order valence-electron chi connectivity index (χ1n) is 12.6. The van der Waals surface area contributed by atoms with Gasteiger partial charge >= 0.3 is 11.9 Å². The summed E-state index contributed by atoms with van der Waals surface area (Å²) in [6.45, 7) is 5.37. The molecule has 4 aliphatic rings. The van der Waals surface area contributed by atoms with Crippen LogP contribution in [-0.4, -0.2) is 93.0 Å². The molecule has 0 aliphatic carbocycles. The number of esters is 2. The summed E-state index contributed by atoms with van der Waals surface area (Å²) in [6, 6.07) is 4.45. The van der Waals surface area contributed by atoms with Gasteiger partial charge in [-0.3, -0.25) is 14.4 Å². The highest BCUT2D eigenvalue weighted by Gasteiger charge is 2.68. The third-order valence-corrected chi connectivity index (χ3v) is 12.4. The highest BCUT2D eigenvalue weighted by Crippen LogP contribution is 2.51. The number of rotatable bonds is 7. The maximum atomic E-state index is 13.0. The summed E-state index contributed by atoms with van der Waals surface area (Å²) in [5.41, 5.74) is 6.64. The number of hydrogen-bond acceptors (Lipinski definition) is 11. The molecule has 0 spiro atoms. The Morgan fingerprint density at radius 2 is 1.65 bits per heavy atom. The fraction of sp³-hybridized carbons (Fsp3) is 0.560. The first kappa shape index (κ1) is 28.4. The molecule has 0 radical (unpaired) electrons. The number of hydrogen-bond donors (Lipinski definition) is 2. The lowest BCUT2D eigenvalue weighted by Gasteiger charge is -2.44. The minimum absolute atomic E-state index is 0.191. The average Bonchev–Trinajstić information content (AvgIpc) is 3.22. The molecule has 3 N–H and O–H groups in total. The Bertz CT molecular complexity index is 1400. The molecule has 4 aliphatic heterocycles. The van der Waals surface area contributed by atoms with Gasteiger partial charge in [0.25, 0.3) is 0 Å². The maximum absolute atomic E-state index is 13.0. The van der Waals surface area contributed by atoms with Crippen LogP contribution in [0.25, 0.3) is 0 Å². The van der Waals surface area contributed by atoms with Crippen molar-refractivity contribution in [2.75, 3.05) is 6.79 Å². The monoisotopic (exact) mass is 594 g/mol. The van der Waals surface area contributed by atoms with Crippen LogP contribution in [0.5, 0.6) is 0 Å². The summed E-state index contributed by atoms with van der Waals surface area (Å²) in [6.07, 6.45) is -0.191. The van der Waals surface area contributed by atoms with Crippen molar-refractivity contribution in [1.82, 2.24) is 15.1 Å². The van der Waals surface area contributed by atoms with Crippen LogP contribution in [-0.2, 0) is 43.3 Å². The van der Waals surface area contributed by atoms with Crippen molar-refractivity contribution >= 4 is 51.3 Å². The molecule has 6 atom stereocenters. The highest BCUT2D eigenvalue weighted by atomic mass is 32.2. The van der Waals surface area contributed by atoms with Gasteiger partial charge < -0.3 is 30.3 Å². The number of β-lactam (4-membered cyclic amide) rings is 2. The third kappa shape index (κ3) is 4.08. The van der Waals surface area contributed by atoms with Crippen molar-refractivity contribution in [1.29, 1.82) is 0 Å². The zero-order chi connectivity index (χ0) is 29.4. The first-order valence-corrected chi connectivity index (χ1v) is 15.0. The SMILES string of the molecule is CC1(C)S[C@@H]2[C@H](NC(=O)[C@H](N)c3ccccc3)C(=O)N2[C@H]1C(=O)OCOC(=O)[C@@H]1N2C(=O)C[C@@H]2S(=O)(=O)C1(C)C. The lowest BCUT2D eigenvalue weighted by Crippen LogP contribution is -2.71. The van der Waals surface area contributed by atoms with Gasteiger partial charge in [-0.15, -0.1) is 11.8 Å². The standard InChI is InChI=1S/C25H30N4O9S2/c1-24(2)17(29-20(32)16(21(29)39-24)27-19(31)15(26)12-8-6-5-7-9-12)22(33)37-11-38-23(34)18-25(3,4)40(35,36)14-10-13(30)28(14)18/h5-9,14-18,21H,10-11,26H2,1-4H3,(H,27,31)/t14-,15+,16+,17-,18-,21+/m0/s1. The summed E-state index contributed by atoms with van der Waals surface area (Å²) in [4.78, 5) is 65.9. The molecule has 0 aromatic heterocycles. The topological polar surface area (TPSA) is 182 Å². The van der Waals surface area contributed by atoms with E-state index in [1.165, 1.54) is 30.5 Å². The molecular weight excluding hydrogens is 564 g/mol. The lowest BCUT2D eigenvalue weighted by atomic mass is 9.95. The number of thioether (sulfide) groups is 1. The Morgan fingerprint density at radius 1 is 1.05 bits per heavy atom. The van der Waals surface area contributed by atoms with Crippen LogP contribution in [0.2, 0.25) is 0 Å². The Hall–Kier alpha value is -3.17. The highest BCUT2D eigenvalue weighted by molar-refractivity contribution is 8.01. The molecule has 1 aromatic carbocycles. The van der Waals surface area contributed by atoms with Crippen molar-refractivity contribution in [3.8, 4) is 0 Å². The van der Waals surface area contributed by atoms with Crippen LogP contribution in [0, 0.1) is 0 Å². The van der Waals surface area contributed by atoms with E-state index in [4.69, 9.17) is 15.2 Å². The van der Waals surface area contributed by atoms with Gasteiger partial charge in [-0.2, -0.15) is 0 Å². The predicted octanol–water partition coefficient (Wildman–Crippen LogP) is -0.589. The number of fused-ring (bicyclic) bond motifs is 2. The molecule has 15 heteroatoms. The number of nitrogens with two attached hydrogens (primary N) is 1. The summed E-state index contributed by atoms with van der Waals surface area (Å²) in [5, 5.41) is 1.07. The summed E-state index contributed by atoms with van der Waals surface area (Å²) in [5.74, 6) is -3.32. The minimum Gasteiger partial charge on any atom is -0.426 e. The van der Waals surface area contributed by atoms with Crippen molar-refractivity contribution < 1.29 is 41.9 Å². The molecule has 0 bridgehead atoms. The van der Waals surface area contributed by atoms with E-state index < -0.39 is 90.7 Å². The quantitative estimate of drug-likeness (QED) is 0.234. The van der Waals surface area contributed by atoms with Crippen molar-refractivity contribution in [3.05, 3.63) is 35.9 Å². The van der Waals surface area contributed by atoms with Gasteiger partial charge in [0.2, 0.25) is 24.5 Å². The number of ether oxygens (including phenoxy) is 2. The molecule has 4 fully saturated rings. The zero-order valence-electron chi connectivity index (χ0n) is 22.2. The summed E-state index contributed by atoms with van der Waals surface area (Å²) < 4.78 is 33.3. The molecule has 216 valence electrons. The van der Waals surface area contributed by atoms with E-state index in [0.29, 0.717) is 5.56 Å². The van der Waals surface area contributed by atoms with E-state index >= 15 is 0 Å². The second kappa shape index (κ2) is 9.45. The second-order valence-electron chi connectivity index (χ2n) is 11.2. The number of carbonyl (C=O) groups excluding carboxylic acids is 5. The summed E-state index contributed by atoms with van der Waals surface area (Å²) in [7, 11) is -3.80. The fourth-order valence-electron chi connectivity index (χ4n) is 5.69. The van der Waals surface area contributed by atoms with E-state index in [1.54, 1.807) is 44.2 Å². The molecule has 4 saturated heterocycles. The molecule has 5 rings (SSSR count). The smallest absolute Gasteiger partial charge is 0.333 e. The Kier molecular flexibility index (Phi) is 6.70. The van der Waals surface area contributed by atoms with E-state index in [2.05, 4.69) is 5.32 Å². The third-order valence-electron chi connectivity index (χ3n) is 8.00. The van der Waals surface area contributed by atoms with E-state index in [1.807, 2.05) is 0 Å². The molecule has 0 saturated carbocycles. The van der Waals surface area contributed by atoms with Crippen LogP contribution >= 0.6 is 11.8 Å². The van der Waals surface area contributed by atoms with Crippen molar-refractivity contribution in [2.24, 2.45) is 5.73 Å². The van der Waals surface area contributed by atoms with Crippen LogP contribution in [0.3, 0.4) is 0 Å². The minimum atomic E-state index is -3.80. The van der Waals surface area contributed by atoms with Crippen molar-refractivity contribution in [3.63, 3.8) is 0 Å². The molecule has 40 heavy (non-hydrogen) atoms. The number of nitrogens with zero attached hydrogens (tertiary/aromatic N) is 2. The Balaban J connectivity index is 1.19. The summed E-state index contributed by atoms with van der Waals surface area (Å²) >= 11 is 1.31. The Labute approximate surface area is 235 Å². The van der Waals surface area contributed by atoms with Gasteiger partial charge in [0.15, 0.2) is 9.84 Å². The molecular formula is C25H30N4O9S2. The van der Waals surface area contributed by atoms with Crippen LogP contribution in [0.4, 0.5) is 0 Å². The second-order valence-corrected chi connectivity index (χ2v) is 15.6.